The Labute approximate surface area is 147 Å². The molecule has 1 aromatic carbocycles. The number of aromatic nitrogens is 2. The van der Waals surface area contributed by atoms with Gasteiger partial charge < -0.3 is 14.1 Å². The molecule has 2 fully saturated rings. The van der Waals surface area contributed by atoms with E-state index >= 15 is 0 Å². The Balaban J connectivity index is 1.29. The van der Waals surface area contributed by atoms with Crippen molar-refractivity contribution < 1.29 is 13.9 Å². The number of aryl methyl sites for hydroxylation is 1. The highest BCUT2D eigenvalue weighted by atomic mass is 16.5. The average molecular weight is 341 g/mol. The summed E-state index contributed by atoms with van der Waals surface area (Å²) in [5.74, 6) is 1.35. The normalized spacial score (nSPS) is 22.8. The molecule has 0 spiro atoms. The molecular weight excluding hydrogens is 318 g/mol. The number of hydrogen-bond donors (Lipinski definition) is 0. The summed E-state index contributed by atoms with van der Waals surface area (Å²) in [6, 6.07) is 10.0. The number of morpholine rings is 1. The minimum atomic E-state index is 0.225. The first kappa shape index (κ1) is 16.3. The van der Waals surface area contributed by atoms with Gasteiger partial charge in [0.25, 0.3) is 0 Å². The van der Waals surface area contributed by atoms with Crippen LogP contribution in [0, 0.1) is 0 Å². The zero-order valence-corrected chi connectivity index (χ0v) is 14.3. The lowest BCUT2D eigenvalue weighted by molar-refractivity contribution is -0.144. The van der Waals surface area contributed by atoms with Crippen molar-refractivity contribution in [3.63, 3.8) is 0 Å². The Bertz CT molecular complexity index is 716. The van der Waals surface area contributed by atoms with Crippen molar-refractivity contribution in [2.45, 2.75) is 50.7 Å². The van der Waals surface area contributed by atoms with E-state index in [1.165, 1.54) is 0 Å². The van der Waals surface area contributed by atoms with E-state index in [0.717, 1.165) is 37.8 Å². The first-order chi connectivity index (χ1) is 12.3. The molecule has 1 aliphatic carbocycles. The fourth-order valence-electron chi connectivity index (χ4n) is 3.82. The van der Waals surface area contributed by atoms with E-state index in [1.807, 2.05) is 35.2 Å². The number of carbonyl (C=O) groups excluding carboxylic acids is 1. The Morgan fingerprint density at radius 3 is 2.96 bits per heavy atom. The lowest BCUT2D eigenvalue weighted by Gasteiger charge is -2.37. The predicted octanol–water partition coefficient (Wildman–Crippen LogP) is 2.84. The number of fused-ring (bicyclic) bond motifs is 1. The highest BCUT2D eigenvalue weighted by molar-refractivity contribution is 5.76. The minimum Gasteiger partial charge on any atom is -0.421 e. The zero-order chi connectivity index (χ0) is 17.1. The first-order valence-corrected chi connectivity index (χ1v) is 9.10. The van der Waals surface area contributed by atoms with E-state index in [1.54, 1.807) is 0 Å². The molecule has 6 heteroatoms. The summed E-state index contributed by atoms with van der Waals surface area (Å²) in [6.45, 7) is 1.38. The second-order valence-electron chi connectivity index (χ2n) is 6.72. The van der Waals surface area contributed by atoms with Crippen LogP contribution in [0.5, 0.6) is 0 Å². The molecule has 0 unspecified atom stereocenters. The molecule has 25 heavy (non-hydrogen) atoms. The van der Waals surface area contributed by atoms with Crippen molar-refractivity contribution >= 4 is 5.91 Å². The molecule has 4 rings (SSSR count). The lowest BCUT2D eigenvalue weighted by atomic mass is 10.1. The maximum atomic E-state index is 12.6. The molecule has 1 aromatic heterocycles. The number of hydrogen-bond acceptors (Lipinski definition) is 5. The lowest BCUT2D eigenvalue weighted by Crippen LogP contribution is -2.51. The molecular formula is C19H23N3O3. The molecule has 6 nitrogen and oxygen atoms in total. The summed E-state index contributed by atoms with van der Waals surface area (Å²) < 4.78 is 11.5. The third-order valence-electron chi connectivity index (χ3n) is 5.07. The minimum absolute atomic E-state index is 0.225. The Hall–Kier alpha value is -2.21. The van der Waals surface area contributed by atoms with Crippen LogP contribution >= 0.6 is 0 Å². The maximum absolute atomic E-state index is 12.6. The predicted molar refractivity (Wildman–Crippen MR) is 91.8 cm³/mol. The molecule has 132 valence electrons. The zero-order valence-electron chi connectivity index (χ0n) is 14.3. The number of carbonyl (C=O) groups is 1. The number of benzene rings is 1. The molecule has 1 saturated heterocycles. The quantitative estimate of drug-likeness (QED) is 0.836. The van der Waals surface area contributed by atoms with Crippen molar-refractivity contribution in [1.29, 1.82) is 0 Å². The van der Waals surface area contributed by atoms with Gasteiger partial charge in [-0.25, -0.2) is 0 Å². The Morgan fingerprint density at radius 1 is 1.20 bits per heavy atom. The second kappa shape index (κ2) is 7.35. The number of rotatable bonds is 5. The largest absolute Gasteiger partial charge is 0.421 e. The van der Waals surface area contributed by atoms with Crippen molar-refractivity contribution in [3.8, 4) is 11.5 Å². The average Bonchev–Trinajstić information content (AvgIpc) is 3.31. The fraction of sp³-hybridized carbons (Fsp3) is 0.526. The van der Waals surface area contributed by atoms with Gasteiger partial charge in [-0.15, -0.1) is 10.2 Å². The molecule has 0 radical (unpaired) electrons. The Morgan fingerprint density at radius 2 is 2.08 bits per heavy atom. The van der Waals surface area contributed by atoms with Gasteiger partial charge in [0.15, 0.2) is 0 Å². The summed E-state index contributed by atoms with van der Waals surface area (Å²) in [6.07, 6.45) is 5.44. The highest BCUT2D eigenvalue weighted by Crippen LogP contribution is 2.30. The van der Waals surface area contributed by atoms with Crippen LogP contribution in [0.15, 0.2) is 34.7 Å². The van der Waals surface area contributed by atoms with Gasteiger partial charge in [0.1, 0.15) is 0 Å². The number of ether oxygens (including phenoxy) is 1. The molecule has 1 aliphatic heterocycles. The van der Waals surface area contributed by atoms with E-state index in [2.05, 4.69) is 10.2 Å². The van der Waals surface area contributed by atoms with Crippen LogP contribution < -0.4 is 0 Å². The van der Waals surface area contributed by atoms with Crippen LogP contribution in [0.3, 0.4) is 0 Å². The van der Waals surface area contributed by atoms with E-state index < -0.39 is 0 Å². The summed E-state index contributed by atoms with van der Waals surface area (Å²) in [5.41, 5.74) is 0.915. The highest BCUT2D eigenvalue weighted by Gasteiger charge is 2.37. The molecule has 1 saturated carbocycles. The third kappa shape index (κ3) is 3.58. The third-order valence-corrected chi connectivity index (χ3v) is 5.07. The first-order valence-electron chi connectivity index (χ1n) is 9.10. The summed E-state index contributed by atoms with van der Waals surface area (Å²) in [5, 5.41) is 8.18. The van der Waals surface area contributed by atoms with Gasteiger partial charge in [0, 0.05) is 24.9 Å². The van der Waals surface area contributed by atoms with Gasteiger partial charge >= 0.3 is 0 Å². The summed E-state index contributed by atoms with van der Waals surface area (Å²) in [7, 11) is 0. The van der Waals surface area contributed by atoms with Gasteiger partial charge in [-0.2, -0.15) is 0 Å². The SMILES string of the molecule is O=C(CCCc1nnc(-c2ccccc2)o1)N1CCO[C@H]2CCC[C@@H]21. The van der Waals surface area contributed by atoms with E-state index in [-0.39, 0.29) is 18.1 Å². The second-order valence-corrected chi connectivity index (χ2v) is 6.72. The Kier molecular flexibility index (Phi) is 4.78. The van der Waals surface area contributed by atoms with Crippen molar-refractivity contribution in [2.24, 2.45) is 0 Å². The van der Waals surface area contributed by atoms with Crippen LogP contribution in [0.2, 0.25) is 0 Å². The molecule has 0 bridgehead atoms. The van der Waals surface area contributed by atoms with Crippen LogP contribution in [-0.4, -0.2) is 46.3 Å². The fourth-order valence-corrected chi connectivity index (χ4v) is 3.82. The van der Waals surface area contributed by atoms with Gasteiger partial charge in [-0.3, -0.25) is 4.79 Å². The molecule has 0 N–H and O–H groups in total. The van der Waals surface area contributed by atoms with Crippen LogP contribution in [0.4, 0.5) is 0 Å². The van der Waals surface area contributed by atoms with E-state index in [9.17, 15) is 4.79 Å². The number of amides is 1. The van der Waals surface area contributed by atoms with Crippen LogP contribution in [0.25, 0.3) is 11.5 Å². The van der Waals surface area contributed by atoms with Crippen LogP contribution in [-0.2, 0) is 16.0 Å². The van der Waals surface area contributed by atoms with Gasteiger partial charge in [0.05, 0.1) is 18.8 Å². The number of nitrogens with zero attached hydrogens (tertiary/aromatic N) is 3. The van der Waals surface area contributed by atoms with E-state index in [4.69, 9.17) is 9.15 Å². The van der Waals surface area contributed by atoms with Gasteiger partial charge in [-0.05, 0) is 37.8 Å². The van der Waals surface area contributed by atoms with Crippen molar-refractivity contribution in [1.82, 2.24) is 15.1 Å². The van der Waals surface area contributed by atoms with Crippen molar-refractivity contribution in [2.75, 3.05) is 13.2 Å². The van der Waals surface area contributed by atoms with Gasteiger partial charge in [0.2, 0.25) is 17.7 Å². The van der Waals surface area contributed by atoms with E-state index in [0.29, 0.717) is 31.2 Å². The molecule has 2 atom stereocenters. The van der Waals surface area contributed by atoms with Gasteiger partial charge in [-0.1, -0.05) is 18.2 Å². The summed E-state index contributed by atoms with van der Waals surface area (Å²) >= 11 is 0. The molecule has 2 aliphatic rings. The maximum Gasteiger partial charge on any atom is 0.247 e. The van der Waals surface area contributed by atoms with Crippen LogP contribution in [0.1, 0.15) is 38.0 Å². The van der Waals surface area contributed by atoms with Crippen molar-refractivity contribution in [3.05, 3.63) is 36.2 Å². The summed E-state index contributed by atoms with van der Waals surface area (Å²) in [4.78, 5) is 14.6. The molecule has 2 heterocycles. The smallest absolute Gasteiger partial charge is 0.247 e. The monoisotopic (exact) mass is 341 g/mol. The topological polar surface area (TPSA) is 68.5 Å². The molecule has 2 aromatic rings. The molecule has 1 amide bonds. The standard InChI is InChI=1S/C19H23N3O3/c23-18(22-12-13-24-16-9-4-8-15(16)22)11-5-10-17-20-21-19(25-17)14-6-2-1-3-7-14/h1-3,6-7,15-16H,4-5,8-13H2/t15-,16-/m0/s1.